The lowest BCUT2D eigenvalue weighted by Gasteiger charge is -2.26. The van der Waals surface area contributed by atoms with Crippen molar-refractivity contribution in [2.24, 2.45) is 5.92 Å². The van der Waals surface area contributed by atoms with E-state index < -0.39 is 17.2 Å². The number of benzene rings is 2. The highest BCUT2D eigenvalue weighted by Gasteiger charge is 2.22. The number of rotatable bonds is 9. The summed E-state index contributed by atoms with van der Waals surface area (Å²) in [6.45, 7) is 4.42. The molecule has 0 atom stereocenters. The molecule has 2 aromatic carbocycles. The minimum absolute atomic E-state index is 0.0134. The highest BCUT2D eigenvalue weighted by molar-refractivity contribution is 6.32. The number of nitrogens with zero attached hydrogens (tertiary/aromatic N) is 3. The largest absolute Gasteiger partial charge is 0.383 e. The van der Waals surface area contributed by atoms with E-state index in [-0.39, 0.29) is 29.6 Å². The first-order valence-electron chi connectivity index (χ1n) is 11.1. The number of halogens is 1. The van der Waals surface area contributed by atoms with Crippen molar-refractivity contribution in [3.05, 3.63) is 85.5 Å². The van der Waals surface area contributed by atoms with Crippen molar-refractivity contribution < 1.29 is 4.79 Å². The Balaban J connectivity index is 1.93. The number of H-pyrrole nitrogens is 1. The molecule has 1 aromatic heterocycles. The molecular weight excluding hydrogens is 468 g/mol. The first-order valence-corrected chi connectivity index (χ1v) is 11.5. The van der Waals surface area contributed by atoms with Gasteiger partial charge in [0, 0.05) is 12.2 Å². The van der Waals surface area contributed by atoms with Gasteiger partial charge in [-0.3, -0.25) is 19.1 Å². The second kappa shape index (κ2) is 11.4. The molecule has 3 aromatic rings. The third kappa shape index (κ3) is 6.52. The number of nitrogens with one attached hydrogen (secondary N) is 2. The summed E-state index contributed by atoms with van der Waals surface area (Å²) < 4.78 is 1.28. The SMILES string of the molecule is CC(C)CCN(CC(=O)Nc1ccc(C#N)c(Cl)c1)c1c(N)n(Cc2ccccc2)c(=O)[nH]c1=O. The van der Waals surface area contributed by atoms with Crippen molar-refractivity contribution in [1.29, 1.82) is 5.26 Å². The van der Waals surface area contributed by atoms with E-state index in [0.29, 0.717) is 30.1 Å². The molecule has 10 heteroatoms. The van der Waals surface area contributed by atoms with Crippen LogP contribution in [0.2, 0.25) is 5.02 Å². The van der Waals surface area contributed by atoms with Crippen LogP contribution < -0.4 is 27.2 Å². The first kappa shape index (κ1) is 25.6. The molecule has 3 rings (SSSR count). The number of nitriles is 1. The molecule has 182 valence electrons. The molecule has 35 heavy (non-hydrogen) atoms. The molecule has 1 heterocycles. The summed E-state index contributed by atoms with van der Waals surface area (Å²) in [5, 5.41) is 12.0. The Morgan fingerprint density at radius 3 is 2.57 bits per heavy atom. The fraction of sp³-hybridized carbons (Fsp3) is 0.280. The van der Waals surface area contributed by atoms with Crippen LogP contribution in [0.15, 0.2) is 58.1 Å². The number of carbonyl (C=O) groups excluding carboxylic acids is 1. The summed E-state index contributed by atoms with van der Waals surface area (Å²) >= 11 is 6.06. The van der Waals surface area contributed by atoms with E-state index >= 15 is 0 Å². The molecule has 0 aliphatic carbocycles. The fourth-order valence-corrected chi connectivity index (χ4v) is 3.77. The second-order valence-electron chi connectivity index (χ2n) is 8.52. The van der Waals surface area contributed by atoms with Crippen LogP contribution in [0.1, 0.15) is 31.4 Å². The maximum Gasteiger partial charge on any atom is 0.330 e. The van der Waals surface area contributed by atoms with Crippen LogP contribution in [0.5, 0.6) is 0 Å². The molecule has 0 fully saturated rings. The van der Waals surface area contributed by atoms with E-state index in [9.17, 15) is 14.4 Å². The smallest absolute Gasteiger partial charge is 0.330 e. The van der Waals surface area contributed by atoms with Gasteiger partial charge in [0.15, 0.2) is 0 Å². The quantitative estimate of drug-likeness (QED) is 0.417. The molecule has 0 bridgehead atoms. The monoisotopic (exact) mass is 494 g/mol. The van der Waals surface area contributed by atoms with Gasteiger partial charge in [0.2, 0.25) is 5.91 Å². The molecule has 0 aliphatic rings. The summed E-state index contributed by atoms with van der Waals surface area (Å²) in [6, 6.07) is 15.8. The van der Waals surface area contributed by atoms with E-state index in [0.717, 1.165) is 5.56 Å². The summed E-state index contributed by atoms with van der Waals surface area (Å²) in [5.41, 5.74) is 6.67. The van der Waals surface area contributed by atoms with Crippen LogP contribution in [0, 0.1) is 17.2 Å². The van der Waals surface area contributed by atoms with Crippen LogP contribution >= 0.6 is 11.6 Å². The highest BCUT2D eigenvalue weighted by Crippen LogP contribution is 2.22. The number of nitrogen functional groups attached to an aromatic ring is 1. The van der Waals surface area contributed by atoms with Crippen LogP contribution in [-0.2, 0) is 11.3 Å². The number of amides is 1. The van der Waals surface area contributed by atoms with Gasteiger partial charge in [-0.2, -0.15) is 5.26 Å². The highest BCUT2D eigenvalue weighted by atomic mass is 35.5. The van der Waals surface area contributed by atoms with E-state index in [2.05, 4.69) is 10.3 Å². The van der Waals surface area contributed by atoms with Crippen LogP contribution in [0.25, 0.3) is 0 Å². The second-order valence-corrected chi connectivity index (χ2v) is 8.93. The van der Waals surface area contributed by atoms with E-state index in [4.69, 9.17) is 22.6 Å². The standard InChI is InChI=1S/C25H27ClN6O3/c1-16(2)10-11-31(15-21(33)29-19-9-8-18(13-27)20(26)12-19)22-23(28)32(25(35)30-24(22)34)14-17-6-4-3-5-7-17/h3-9,12,16H,10-11,14-15,28H2,1-2H3,(H,29,33)(H,30,34,35). The zero-order valence-corrected chi connectivity index (χ0v) is 20.3. The average Bonchev–Trinajstić information content (AvgIpc) is 2.80. The van der Waals surface area contributed by atoms with Gasteiger partial charge < -0.3 is 16.0 Å². The maximum atomic E-state index is 12.9. The summed E-state index contributed by atoms with van der Waals surface area (Å²) in [6.07, 6.45) is 0.687. The normalized spacial score (nSPS) is 10.7. The van der Waals surface area contributed by atoms with Crippen molar-refractivity contribution >= 4 is 34.7 Å². The molecule has 1 amide bonds. The number of carbonyl (C=O) groups is 1. The van der Waals surface area contributed by atoms with Gasteiger partial charge in [-0.05, 0) is 36.1 Å². The van der Waals surface area contributed by atoms with Gasteiger partial charge in [-0.1, -0.05) is 55.8 Å². The molecule has 0 saturated carbocycles. The van der Waals surface area contributed by atoms with E-state index in [1.54, 1.807) is 11.0 Å². The first-order chi connectivity index (χ1) is 16.7. The van der Waals surface area contributed by atoms with Crippen molar-refractivity contribution in [2.75, 3.05) is 29.0 Å². The summed E-state index contributed by atoms with van der Waals surface area (Å²) in [4.78, 5) is 42.2. The van der Waals surface area contributed by atoms with E-state index in [1.807, 2.05) is 50.2 Å². The zero-order chi connectivity index (χ0) is 25.5. The van der Waals surface area contributed by atoms with Crippen molar-refractivity contribution in [2.45, 2.75) is 26.8 Å². The third-order valence-corrected chi connectivity index (χ3v) is 5.71. The molecule has 0 spiro atoms. The van der Waals surface area contributed by atoms with Crippen molar-refractivity contribution in [3.8, 4) is 6.07 Å². The number of aromatic amines is 1. The maximum absolute atomic E-state index is 12.9. The van der Waals surface area contributed by atoms with Gasteiger partial charge in [0.05, 0.1) is 23.7 Å². The minimum Gasteiger partial charge on any atom is -0.383 e. The molecule has 0 aliphatic heterocycles. The fourth-order valence-electron chi connectivity index (χ4n) is 3.55. The zero-order valence-electron chi connectivity index (χ0n) is 19.5. The number of anilines is 3. The van der Waals surface area contributed by atoms with E-state index in [1.165, 1.54) is 16.7 Å². The molecule has 0 radical (unpaired) electrons. The lowest BCUT2D eigenvalue weighted by molar-refractivity contribution is -0.115. The third-order valence-electron chi connectivity index (χ3n) is 5.40. The Morgan fingerprint density at radius 1 is 1.23 bits per heavy atom. The Hall–Kier alpha value is -4.03. The molecule has 4 N–H and O–H groups in total. The van der Waals surface area contributed by atoms with Gasteiger partial charge in [-0.15, -0.1) is 0 Å². The Morgan fingerprint density at radius 2 is 1.94 bits per heavy atom. The predicted octanol–water partition coefficient (Wildman–Crippen LogP) is 3.18. The van der Waals surface area contributed by atoms with Crippen molar-refractivity contribution in [3.63, 3.8) is 0 Å². The van der Waals surface area contributed by atoms with Crippen LogP contribution in [0.4, 0.5) is 17.2 Å². The molecular formula is C25H27ClN6O3. The molecule has 9 nitrogen and oxygen atoms in total. The molecule has 0 saturated heterocycles. The Labute approximate surface area is 207 Å². The number of nitrogens with two attached hydrogens (primary N) is 1. The number of hydrogen-bond acceptors (Lipinski definition) is 6. The van der Waals surface area contributed by atoms with Gasteiger partial charge in [0.25, 0.3) is 5.56 Å². The molecule has 0 unspecified atom stereocenters. The lowest BCUT2D eigenvalue weighted by atomic mass is 10.1. The predicted molar refractivity (Wildman–Crippen MR) is 138 cm³/mol. The van der Waals surface area contributed by atoms with Crippen molar-refractivity contribution in [1.82, 2.24) is 9.55 Å². The van der Waals surface area contributed by atoms with Crippen LogP contribution in [-0.4, -0.2) is 28.5 Å². The summed E-state index contributed by atoms with van der Waals surface area (Å²) in [5.74, 6) is -0.122. The topological polar surface area (TPSA) is 137 Å². The minimum atomic E-state index is -0.658. The van der Waals surface area contributed by atoms with Gasteiger partial charge in [0.1, 0.15) is 17.6 Å². The Bertz CT molecular complexity index is 1360. The summed E-state index contributed by atoms with van der Waals surface area (Å²) in [7, 11) is 0. The number of hydrogen-bond donors (Lipinski definition) is 3. The number of aromatic nitrogens is 2. The van der Waals surface area contributed by atoms with Gasteiger partial charge >= 0.3 is 5.69 Å². The average molecular weight is 495 g/mol. The Kier molecular flexibility index (Phi) is 8.34. The lowest BCUT2D eigenvalue weighted by Crippen LogP contribution is -2.42. The van der Waals surface area contributed by atoms with Crippen LogP contribution in [0.3, 0.4) is 0 Å². The van der Waals surface area contributed by atoms with Gasteiger partial charge in [-0.25, -0.2) is 4.79 Å².